The van der Waals surface area contributed by atoms with Crippen LogP contribution in [-0.2, 0) is 9.47 Å². The van der Waals surface area contributed by atoms with Crippen molar-refractivity contribution in [3.8, 4) is 0 Å². The van der Waals surface area contributed by atoms with E-state index in [2.05, 4.69) is 24.1 Å². The molecule has 1 aliphatic heterocycles. The fourth-order valence-corrected chi connectivity index (χ4v) is 2.16. The summed E-state index contributed by atoms with van der Waals surface area (Å²) in [7, 11) is 1.75. The van der Waals surface area contributed by atoms with E-state index in [1.54, 1.807) is 7.11 Å². The number of ether oxygens (including phenoxy) is 2. The zero-order valence-corrected chi connectivity index (χ0v) is 10.9. The van der Waals surface area contributed by atoms with Crippen molar-refractivity contribution in [1.29, 1.82) is 0 Å². The molecule has 1 aliphatic rings. The summed E-state index contributed by atoms with van der Waals surface area (Å²) in [6, 6.07) is 1.13. The number of hydrogen-bond donors (Lipinski definition) is 1. The van der Waals surface area contributed by atoms with E-state index in [1.807, 2.05) is 0 Å². The summed E-state index contributed by atoms with van der Waals surface area (Å²) in [6.45, 7) is 10.3. The van der Waals surface area contributed by atoms with Crippen LogP contribution in [0.5, 0.6) is 0 Å². The number of morpholine rings is 1. The van der Waals surface area contributed by atoms with Crippen LogP contribution in [0.2, 0.25) is 0 Å². The Labute approximate surface area is 99.3 Å². The average Bonchev–Trinajstić information content (AvgIpc) is 2.29. The van der Waals surface area contributed by atoms with E-state index in [0.29, 0.717) is 12.1 Å². The molecule has 96 valence electrons. The first kappa shape index (κ1) is 13.9. The van der Waals surface area contributed by atoms with Crippen molar-refractivity contribution in [2.45, 2.75) is 32.4 Å². The highest BCUT2D eigenvalue weighted by atomic mass is 16.5. The van der Waals surface area contributed by atoms with Crippen LogP contribution in [0.15, 0.2) is 0 Å². The van der Waals surface area contributed by atoms with Crippen molar-refractivity contribution in [3.63, 3.8) is 0 Å². The van der Waals surface area contributed by atoms with Crippen molar-refractivity contribution in [2.24, 2.45) is 0 Å². The van der Waals surface area contributed by atoms with Crippen LogP contribution in [0.4, 0.5) is 0 Å². The number of nitrogens with one attached hydrogen (secondary N) is 1. The Morgan fingerprint density at radius 3 is 3.06 bits per heavy atom. The van der Waals surface area contributed by atoms with Gasteiger partial charge >= 0.3 is 0 Å². The molecule has 16 heavy (non-hydrogen) atoms. The van der Waals surface area contributed by atoms with E-state index in [0.717, 1.165) is 45.9 Å². The largest absolute Gasteiger partial charge is 0.385 e. The molecule has 1 rings (SSSR count). The normalized spacial score (nSPS) is 24.6. The number of methoxy groups -OCH3 is 1. The van der Waals surface area contributed by atoms with Gasteiger partial charge in [0.1, 0.15) is 0 Å². The maximum Gasteiger partial charge on any atom is 0.0619 e. The van der Waals surface area contributed by atoms with E-state index in [1.165, 1.54) is 0 Å². The Hall–Kier alpha value is -0.160. The van der Waals surface area contributed by atoms with Gasteiger partial charge in [-0.3, -0.25) is 4.90 Å². The lowest BCUT2D eigenvalue weighted by Crippen LogP contribution is -2.51. The van der Waals surface area contributed by atoms with E-state index >= 15 is 0 Å². The lowest BCUT2D eigenvalue weighted by molar-refractivity contribution is -0.0181. The first-order chi connectivity index (χ1) is 7.75. The summed E-state index contributed by atoms with van der Waals surface area (Å²) in [5.41, 5.74) is 0. The molecule has 1 fully saturated rings. The fraction of sp³-hybridized carbons (Fsp3) is 1.00. The van der Waals surface area contributed by atoms with Gasteiger partial charge in [-0.2, -0.15) is 0 Å². The molecule has 0 radical (unpaired) electrons. The third-order valence-electron chi connectivity index (χ3n) is 3.13. The molecule has 0 aromatic heterocycles. The van der Waals surface area contributed by atoms with Crippen LogP contribution in [0.25, 0.3) is 0 Å². The van der Waals surface area contributed by atoms with Crippen LogP contribution in [0, 0.1) is 0 Å². The van der Waals surface area contributed by atoms with Crippen LogP contribution < -0.4 is 5.32 Å². The number of hydrogen-bond acceptors (Lipinski definition) is 4. The van der Waals surface area contributed by atoms with Crippen LogP contribution in [0.1, 0.15) is 20.3 Å². The SMILES string of the molecule is COCCCNCC(C)N1CCOCC1C. The molecule has 0 spiro atoms. The summed E-state index contributed by atoms with van der Waals surface area (Å²) in [4.78, 5) is 2.52. The fourth-order valence-electron chi connectivity index (χ4n) is 2.16. The Morgan fingerprint density at radius 2 is 2.38 bits per heavy atom. The minimum Gasteiger partial charge on any atom is -0.385 e. The van der Waals surface area contributed by atoms with E-state index in [-0.39, 0.29) is 0 Å². The average molecular weight is 230 g/mol. The van der Waals surface area contributed by atoms with Gasteiger partial charge in [0.25, 0.3) is 0 Å². The second-order valence-electron chi connectivity index (χ2n) is 4.56. The smallest absolute Gasteiger partial charge is 0.0619 e. The van der Waals surface area contributed by atoms with Gasteiger partial charge in [-0.1, -0.05) is 0 Å². The van der Waals surface area contributed by atoms with E-state index in [4.69, 9.17) is 9.47 Å². The minimum absolute atomic E-state index is 0.546. The quantitative estimate of drug-likeness (QED) is 0.654. The van der Waals surface area contributed by atoms with Gasteiger partial charge in [-0.15, -0.1) is 0 Å². The molecule has 1 heterocycles. The molecule has 1 saturated heterocycles. The van der Waals surface area contributed by atoms with Gasteiger partial charge < -0.3 is 14.8 Å². The predicted octanol–water partition coefficient (Wildman–Crippen LogP) is 0.722. The summed E-state index contributed by atoms with van der Waals surface area (Å²) in [5.74, 6) is 0. The first-order valence-electron chi connectivity index (χ1n) is 6.29. The zero-order chi connectivity index (χ0) is 11.8. The summed E-state index contributed by atoms with van der Waals surface area (Å²) in [6.07, 6.45) is 1.09. The molecule has 2 atom stereocenters. The molecule has 0 amide bonds. The Morgan fingerprint density at radius 1 is 1.56 bits per heavy atom. The molecule has 1 N–H and O–H groups in total. The molecular formula is C12H26N2O2. The lowest BCUT2D eigenvalue weighted by atomic mass is 10.2. The molecule has 0 saturated carbocycles. The predicted molar refractivity (Wildman–Crippen MR) is 65.8 cm³/mol. The van der Waals surface area contributed by atoms with Gasteiger partial charge in [-0.25, -0.2) is 0 Å². The Balaban J connectivity index is 2.10. The monoisotopic (exact) mass is 230 g/mol. The van der Waals surface area contributed by atoms with Crippen LogP contribution in [0.3, 0.4) is 0 Å². The maximum atomic E-state index is 5.44. The van der Waals surface area contributed by atoms with Gasteiger partial charge in [-0.05, 0) is 26.8 Å². The molecule has 2 unspecified atom stereocenters. The summed E-state index contributed by atoms with van der Waals surface area (Å²) >= 11 is 0. The molecule has 4 heteroatoms. The molecular weight excluding hydrogens is 204 g/mol. The second-order valence-corrected chi connectivity index (χ2v) is 4.56. The Bertz CT molecular complexity index is 178. The highest BCUT2D eigenvalue weighted by Crippen LogP contribution is 2.09. The molecule has 4 nitrogen and oxygen atoms in total. The van der Waals surface area contributed by atoms with E-state index < -0.39 is 0 Å². The number of nitrogens with zero attached hydrogens (tertiary/aromatic N) is 1. The second kappa shape index (κ2) is 8.01. The third-order valence-corrected chi connectivity index (χ3v) is 3.13. The van der Waals surface area contributed by atoms with Crippen molar-refractivity contribution < 1.29 is 9.47 Å². The van der Waals surface area contributed by atoms with Crippen molar-refractivity contribution in [3.05, 3.63) is 0 Å². The maximum absolute atomic E-state index is 5.44. The van der Waals surface area contributed by atoms with Gasteiger partial charge in [0.05, 0.1) is 13.2 Å². The third kappa shape index (κ3) is 4.78. The Kier molecular flexibility index (Phi) is 6.96. The first-order valence-corrected chi connectivity index (χ1v) is 6.29. The summed E-state index contributed by atoms with van der Waals surface area (Å²) < 4.78 is 10.5. The standard InChI is InChI=1S/C12H26N2O2/c1-11(9-13-5-4-7-15-3)14-6-8-16-10-12(14)2/h11-13H,4-10H2,1-3H3. The van der Waals surface area contributed by atoms with Gasteiger partial charge in [0.15, 0.2) is 0 Å². The molecule has 0 aromatic rings. The van der Waals surface area contributed by atoms with Crippen molar-refractivity contribution >= 4 is 0 Å². The van der Waals surface area contributed by atoms with Crippen LogP contribution >= 0.6 is 0 Å². The van der Waals surface area contributed by atoms with Gasteiger partial charge in [0.2, 0.25) is 0 Å². The zero-order valence-electron chi connectivity index (χ0n) is 10.9. The topological polar surface area (TPSA) is 33.7 Å². The summed E-state index contributed by atoms with van der Waals surface area (Å²) in [5, 5.41) is 3.48. The highest BCUT2D eigenvalue weighted by molar-refractivity contribution is 4.77. The number of rotatable bonds is 7. The molecule has 0 aromatic carbocycles. The molecule has 0 bridgehead atoms. The van der Waals surface area contributed by atoms with Crippen LogP contribution in [-0.4, -0.2) is 63.5 Å². The highest BCUT2D eigenvalue weighted by Gasteiger charge is 2.22. The van der Waals surface area contributed by atoms with Gasteiger partial charge in [0, 0.05) is 38.9 Å². The minimum atomic E-state index is 0.546. The van der Waals surface area contributed by atoms with E-state index in [9.17, 15) is 0 Å². The molecule has 0 aliphatic carbocycles. The lowest BCUT2D eigenvalue weighted by Gasteiger charge is -2.38. The van der Waals surface area contributed by atoms with Crippen molar-refractivity contribution in [1.82, 2.24) is 10.2 Å². The van der Waals surface area contributed by atoms with Crippen molar-refractivity contribution in [2.75, 3.05) is 46.6 Å².